The van der Waals surface area contributed by atoms with Gasteiger partial charge in [0.1, 0.15) is 11.5 Å². The van der Waals surface area contributed by atoms with Gasteiger partial charge < -0.3 is 20.4 Å². The molecule has 0 aliphatic carbocycles. The number of phenols is 2. The molecule has 6 nitrogen and oxygen atoms in total. The second-order valence-corrected chi connectivity index (χ2v) is 13.8. The van der Waals surface area contributed by atoms with Gasteiger partial charge in [0.2, 0.25) is 0 Å². The first-order valence-electron chi connectivity index (χ1n) is 15.3. The number of nitrogens with zero attached hydrogens (tertiary/aromatic N) is 2. The topological polar surface area (TPSA) is 93.1 Å². The Morgan fingerprint density at radius 1 is 0.561 bits per heavy atom. The van der Waals surface area contributed by atoms with Crippen molar-refractivity contribution in [3.63, 3.8) is 0 Å². The Balaban J connectivity index is 0.000000280. The van der Waals surface area contributed by atoms with Gasteiger partial charge in [0, 0.05) is 13.1 Å². The fourth-order valence-electron chi connectivity index (χ4n) is 5.52. The van der Waals surface area contributed by atoms with Crippen molar-refractivity contribution in [2.45, 2.75) is 117 Å². The van der Waals surface area contributed by atoms with E-state index in [1.54, 1.807) is 12.1 Å². The number of rotatable bonds is 4. The van der Waals surface area contributed by atoms with E-state index in [0.717, 1.165) is 48.4 Å². The first-order chi connectivity index (χ1) is 18.8. The molecule has 7 heteroatoms. The van der Waals surface area contributed by atoms with E-state index >= 15 is 0 Å². The molecule has 2 aliphatic heterocycles. The van der Waals surface area contributed by atoms with Crippen LogP contribution < -0.4 is 10.2 Å². The third-order valence-corrected chi connectivity index (χ3v) is 8.21. The van der Waals surface area contributed by atoms with Crippen molar-refractivity contribution in [1.82, 2.24) is 9.80 Å². The molecule has 41 heavy (non-hydrogen) atoms. The molecule has 0 aromatic heterocycles. The van der Waals surface area contributed by atoms with Gasteiger partial charge in [-0.1, -0.05) is 90.9 Å². The van der Waals surface area contributed by atoms with Crippen LogP contribution in [0.4, 0.5) is 0 Å². The van der Waals surface area contributed by atoms with Crippen LogP contribution in [0.2, 0.25) is 0 Å². The quantitative estimate of drug-likeness (QED) is 0.394. The minimum atomic E-state index is -0.206. The predicted octanol–water partition coefficient (Wildman–Crippen LogP) is 6.28. The van der Waals surface area contributed by atoms with Crippen LogP contribution in [0, 0.1) is 0 Å². The molecule has 2 N–H and O–H groups in total. The maximum absolute atomic E-state index is 12.1. The summed E-state index contributed by atoms with van der Waals surface area (Å²) < 4.78 is 0. The summed E-state index contributed by atoms with van der Waals surface area (Å²) in [6.07, 6.45) is 9.97. The SMILES string of the molecule is CC(C)(C)c1cc(O)c([O-])c(CN2CCCCCC2)c1.CC(C)(C)c1cc(O)c([O-])c(CN2CCCCCC2)c1.[Cu+2]. The van der Waals surface area contributed by atoms with Gasteiger partial charge in [-0.15, -0.1) is 0 Å². The van der Waals surface area contributed by atoms with E-state index in [1.165, 1.54) is 51.4 Å². The average molecular weight is 616 g/mol. The van der Waals surface area contributed by atoms with Crippen LogP contribution in [0.25, 0.3) is 0 Å². The summed E-state index contributed by atoms with van der Waals surface area (Å²) in [4.78, 5) is 4.69. The molecule has 0 bridgehead atoms. The molecule has 1 radical (unpaired) electrons. The third kappa shape index (κ3) is 10.7. The molecule has 2 aliphatic rings. The van der Waals surface area contributed by atoms with Crippen LogP contribution in [-0.2, 0) is 41.0 Å². The van der Waals surface area contributed by atoms with E-state index in [9.17, 15) is 20.4 Å². The Bertz CT molecular complexity index is 1000. The van der Waals surface area contributed by atoms with Crippen LogP contribution in [0.5, 0.6) is 23.0 Å². The zero-order valence-corrected chi connectivity index (χ0v) is 27.1. The Morgan fingerprint density at radius 3 is 1.12 bits per heavy atom. The zero-order valence-electron chi connectivity index (χ0n) is 26.1. The summed E-state index contributed by atoms with van der Waals surface area (Å²) in [6, 6.07) is 7.20. The molecule has 0 saturated carbocycles. The fraction of sp³-hybridized carbons (Fsp3) is 0.647. The first kappa shape index (κ1) is 35.3. The van der Waals surface area contributed by atoms with Crippen molar-refractivity contribution in [2.24, 2.45) is 0 Å². The minimum absolute atomic E-state index is 0. The van der Waals surface area contributed by atoms with Crippen LogP contribution in [0.15, 0.2) is 24.3 Å². The second kappa shape index (κ2) is 15.5. The van der Waals surface area contributed by atoms with Gasteiger partial charge in [0.25, 0.3) is 0 Å². The van der Waals surface area contributed by atoms with Crippen molar-refractivity contribution >= 4 is 0 Å². The van der Waals surface area contributed by atoms with Crippen molar-refractivity contribution < 1.29 is 37.5 Å². The standard InChI is InChI=1S/2C17H27NO2.Cu/c2*1-17(2,3)14-10-13(16(20)15(19)11-14)12-18-8-6-4-5-7-9-18;/h2*10-11,19-20H,4-9,12H2,1-3H3;/q;;+2/p-2. The monoisotopic (exact) mass is 615 g/mol. The van der Waals surface area contributed by atoms with E-state index < -0.39 is 0 Å². The van der Waals surface area contributed by atoms with E-state index in [-0.39, 0.29) is 50.9 Å². The summed E-state index contributed by atoms with van der Waals surface area (Å²) in [6.45, 7) is 18.1. The van der Waals surface area contributed by atoms with Gasteiger partial charge in [-0.3, -0.25) is 9.80 Å². The molecule has 0 unspecified atom stereocenters. The Labute approximate surface area is 259 Å². The van der Waals surface area contributed by atoms with E-state index in [2.05, 4.69) is 51.3 Å². The first-order valence-corrected chi connectivity index (χ1v) is 15.3. The number of aromatic hydroxyl groups is 2. The number of likely N-dealkylation sites (tertiary alicyclic amines) is 2. The second-order valence-electron chi connectivity index (χ2n) is 13.8. The van der Waals surface area contributed by atoms with E-state index in [4.69, 9.17) is 0 Å². The van der Waals surface area contributed by atoms with Crippen molar-refractivity contribution in [2.75, 3.05) is 26.2 Å². The summed E-state index contributed by atoms with van der Waals surface area (Å²) in [7, 11) is 0. The van der Waals surface area contributed by atoms with E-state index in [1.807, 2.05) is 12.1 Å². The summed E-state index contributed by atoms with van der Waals surface area (Å²) in [5.41, 5.74) is 3.41. The molecule has 233 valence electrons. The largest absolute Gasteiger partial charge is 2.00 e. The molecular formula is C34H52CuN2O4. The number of hydrogen-bond acceptors (Lipinski definition) is 6. The third-order valence-electron chi connectivity index (χ3n) is 8.21. The molecule has 2 fully saturated rings. The maximum atomic E-state index is 12.1. The average Bonchev–Trinajstić information content (AvgIpc) is 3.29. The number of hydrogen-bond donors (Lipinski definition) is 2. The van der Waals surface area contributed by atoms with Crippen LogP contribution in [0.3, 0.4) is 0 Å². The molecule has 2 aromatic carbocycles. The van der Waals surface area contributed by atoms with Gasteiger partial charge in [-0.05, 0) is 97.1 Å². The Morgan fingerprint density at radius 2 is 0.854 bits per heavy atom. The predicted molar refractivity (Wildman–Crippen MR) is 160 cm³/mol. The summed E-state index contributed by atoms with van der Waals surface area (Å²) in [5.74, 6) is -0.631. The maximum Gasteiger partial charge on any atom is 2.00 e. The zero-order chi connectivity index (χ0) is 29.5. The van der Waals surface area contributed by atoms with E-state index in [0.29, 0.717) is 13.1 Å². The molecular weight excluding hydrogens is 564 g/mol. The minimum Gasteiger partial charge on any atom is -0.870 e. The van der Waals surface area contributed by atoms with Gasteiger partial charge in [0.05, 0.1) is 0 Å². The molecule has 0 amide bonds. The summed E-state index contributed by atoms with van der Waals surface area (Å²) in [5, 5.41) is 44.1. The normalized spacial score (nSPS) is 17.5. The van der Waals surface area contributed by atoms with Crippen molar-refractivity contribution in [1.29, 1.82) is 0 Å². The van der Waals surface area contributed by atoms with Crippen LogP contribution in [-0.4, -0.2) is 46.2 Å². The molecule has 0 spiro atoms. The number of benzene rings is 2. The van der Waals surface area contributed by atoms with Gasteiger partial charge >= 0.3 is 17.1 Å². The molecule has 2 saturated heterocycles. The van der Waals surface area contributed by atoms with Crippen molar-refractivity contribution in [3.8, 4) is 23.0 Å². The van der Waals surface area contributed by atoms with Crippen molar-refractivity contribution in [3.05, 3.63) is 46.5 Å². The fourth-order valence-corrected chi connectivity index (χ4v) is 5.52. The van der Waals surface area contributed by atoms with Crippen LogP contribution >= 0.6 is 0 Å². The molecule has 0 atom stereocenters. The van der Waals surface area contributed by atoms with Gasteiger partial charge in [-0.25, -0.2) is 0 Å². The molecule has 2 heterocycles. The Hall–Kier alpha value is -1.92. The number of phenolic OH excluding ortho intramolecular Hbond substituents is 2. The van der Waals surface area contributed by atoms with Gasteiger partial charge in [0.15, 0.2) is 0 Å². The van der Waals surface area contributed by atoms with Crippen LogP contribution in [0.1, 0.15) is 115 Å². The van der Waals surface area contributed by atoms with Gasteiger partial charge in [-0.2, -0.15) is 0 Å². The smallest absolute Gasteiger partial charge is 0.870 e. The molecule has 2 aromatic rings. The summed E-state index contributed by atoms with van der Waals surface area (Å²) >= 11 is 0. The Kier molecular flexibility index (Phi) is 13.4. The molecule has 4 rings (SSSR count).